The van der Waals surface area contributed by atoms with E-state index in [1.54, 1.807) is 0 Å². The minimum atomic E-state index is -1.31. The second kappa shape index (κ2) is 12.9. The van der Waals surface area contributed by atoms with Gasteiger partial charge in [-0.2, -0.15) is 0 Å². The number of hydrogen-bond acceptors (Lipinski definition) is 8. The number of halogens is 2. The van der Waals surface area contributed by atoms with E-state index in [2.05, 4.69) is 48.5 Å². The van der Waals surface area contributed by atoms with Gasteiger partial charge in [0.25, 0.3) is 0 Å². The normalized spacial score (nSPS) is 33.1. The van der Waals surface area contributed by atoms with Crippen molar-refractivity contribution in [3.63, 3.8) is 0 Å². The maximum Gasteiger partial charge on any atom is 0.178 e. The van der Waals surface area contributed by atoms with Crippen molar-refractivity contribution in [1.29, 1.82) is 0 Å². The summed E-state index contributed by atoms with van der Waals surface area (Å²) in [5.74, 6) is 2.68. The van der Waals surface area contributed by atoms with Gasteiger partial charge in [0.15, 0.2) is 17.4 Å². The largest absolute Gasteiger partial charge is 0.396 e. The van der Waals surface area contributed by atoms with E-state index in [1.165, 1.54) is 11.1 Å². The molecule has 1 aliphatic heterocycles. The van der Waals surface area contributed by atoms with Gasteiger partial charge in [-0.3, -0.25) is 14.5 Å². The number of anilines is 3. The van der Waals surface area contributed by atoms with Gasteiger partial charge in [0.05, 0.1) is 12.2 Å². The van der Waals surface area contributed by atoms with Gasteiger partial charge in [-0.25, -0.2) is 4.98 Å². The van der Waals surface area contributed by atoms with Crippen molar-refractivity contribution in [3.8, 4) is 0 Å². The van der Waals surface area contributed by atoms with Crippen LogP contribution in [0.1, 0.15) is 72.6 Å². The number of carbonyl (C=O) groups is 2. The van der Waals surface area contributed by atoms with Crippen LogP contribution in [0.3, 0.4) is 0 Å². The molecule has 1 aromatic rings. The van der Waals surface area contributed by atoms with Crippen LogP contribution < -0.4 is 15.5 Å². The van der Waals surface area contributed by atoms with Gasteiger partial charge in [-0.1, -0.05) is 31.1 Å². The van der Waals surface area contributed by atoms with E-state index < -0.39 is 11.0 Å². The maximum atomic E-state index is 14.0. The Hall–Kier alpha value is -2.13. The van der Waals surface area contributed by atoms with Crippen molar-refractivity contribution in [2.45, 2.75) is 78.2 Å². The summed E-state index contributed by atoms with van der Waals surface area (Å²) in [6.45, 7) is 13.8. The van der Waals surface area contributed by atoms with Crippen LogP contribution in [-0.4, -0.2) is 78.0 Å². The minimum Gasteiger partial charge on any atom is -0.396 e. The third-order valence-electron chi connectivity index (χ3n) is 12.0. The van der Waals surface area contributed by atoms with Gasteiger partial charge in [0.2, 0.25) is 0 Å². The van der Waals surface area contributed by atoms with Crippen LogP contribution in [0, 0.1) is 22.7 Å². The van der Waals surface area contributed by atoms with E-state index in [1.807, 2.05) is 18.2 Å². The molecule has 4 aliphatic carbocycles. The van der Waals surface area contributed by atoms with Crippen LogP contribution in [0.15, 0.2) is 35.4 Å². The van der Waals surface area contributed by atoms with Crippen LogP contribution in [0.2, 0.25) is 0 Å². The number of aliphatic hydroxyl groups is 1. The molecular formula is C34H51Cl2N5O3. The topological polar surface area (TPSA) is 103 Å². The lowest BCUT2D eigenvalue weighted by Gasteiger charge is -2.54. The van der Waals surface area contributed by atoms with Gasteiger partial charge >= 0.3 is 0 Å². The molecule has 1 saturated heterocycles. The number of aromatic nitrogens is 1. The molecule has 3 fully saturated rings. The second-order valence-corrected chi connectivity index (χ2v) is 13.8. The molecular weight excluding hydrogens is 597 g/mol. The van der Waals surface area contributed by atoms with Gasteiger partial charge < -0.3 is 20.6 Å². The predicted molar refractivity (Wildman–Crippen MR) is 182 cm³/mol. The summed E-state index contributed by atoms with van der Waals surface area (Å²) in [5, 5.41) is 12.2. The third-order valence-corrected chi connectivity index (χ3v) is 12.0. The standard InChI is InChI=1S/C34H49N5O3.2ClH/c1-5-38(6-2)30-10-9-28(35)31(36-30)39-19-17-37(18-20-39)22-29(41)34(42)16-13-27-25-8-7-23-21-24(40)11-14-32(23,3)26(25)12-15-33(27,34)4;;/h9-10,12,21,25,27,42H,5-8,11,13-20,22,35H2,1-4H3;2*1H/t25-,27+,32+,33+,34+;;/m1../s1. The molecule has 0 bridgehead atoms. The Bertz CT molecular complexity index is 1320. The molecule has 0 unspecified atom stereocenters. The Kier molecular flexibility index (Phi) is 10.2. The van der Waals surface area contributed by atoms with Crippen molar-refractivity contribution in [2.75, 3.05) is 61.3 Å². The molecule has 5 atom stereocenters. The summed E-state index contributed by atoms with van der Waals surface area (Å²) in [4.78, 5) is 37.7. The van der Waals surface area contributed by atoms with Crippen LogP contribution in [-0.2, 0) is 9.59 Å². The lowest BCUT2D eigenvalue weighted by Crippen LogP contribution is -2.58. The zero-order chi connectivity index (χ0) is 29.9. The van der Waals surface area contributed by atoms with Crippen LogP contribution in [0.5, 0.6) is 0 Å². The molecule has 0 radical (unpaired) electrons. The molecule has 8 nitrogen and oxygen atoms in total. The SMILES string of the molecule is CCN(CC)c1ccc(N)c(N2CCN(CC(=O)[C@@]3(O)CC[C@H]4[C@@H]5CCC6=CC(=O)CC[C@]6(C)C5=CC[C@@]43C)CC2)n1.Cl.Cl. The molecule has 1 aromatic heterocycles. The Balaban J connectivity index is 0.00000221. The molecule has 244 valence electrons. The lowest BCUT2D eigenvalue weighted by atomic mass is 9.50. The number of rotatable bonds is 7. The van der Waals surface area contributed by atoms with Crippen molar-refractivity contribution in [1.82, 2.24) is 9.88 Å². The molecule has 3 N–H and O–H groups in total. The highest BCUT2D eigenvalue weighted by Crippen LogP contribution is 2.65. The number of hydrogen-bond donors (Lipinski definition) is 2. The van der Waals surface area contributed by atoms with Crippen molar-refractivity contribution < 1.29 is 14.7 Å². The summed E-state index contributed by atoms with van der Waals surface area (Å²) in [6, 6.07) is 3.93. The number of nitrogen functional groups attached to an aromatic ring is 1. The highest BCUT2D eigenvalue weighted by Gasteiger charge is 2.64. The summed E-state index contributed by atoms with van der Waals surface area (Å²) < 4.78 is 0. The lowest BCUT2D eigenvalue weighted by molar-refractivity contribution is -0.154. The number of allylic oxidation sites excluding steroid dienone is 4. The van der Waals surface area contributed by atoms with E-state index in [0.29, 0.717) is 30.4 Å². The summed E-state index contributed by atoms with van der Waals surface area (Å²) in [6.07, 6.45) is 9.89. The molecule has 0 amide bonds. The molecule has 5 aliphatic rings. The fraction of sp³-hybridized carbons (Fsp3) is 0.676. The van der Waals surface area contributed by atoms with Crippen LogP contribution in [0.4, 0.5) is 17.3 Å². The fourth-order valence-electron chi connectivity index (χ4n) is 9.21. The average Bonchev–Trinajstić information content (AvgIpc) is 3.27. The zero-order valence-corrected chi connectivity index (χ0v) is 28.4. The Morgan fingerprint density at radius 3 is 2.45 bits per heavy atom. The first-order chi connectivity index (χ1) is 20.0. The zero-order valence-electron chi connectivity index (χ0n) is 26.8. The van der Waals surface area contributed by atoms with Gasteiger partial charge in [0, 0.05) is 56.5 Å². The first-order valence-corrected chi connectivity index (χ1v) is 16.2. The van der Waals surface area contributed by atoms with E-state index >= 15 is 0 Å². The highest BCUT2D eigenvalue weighted by molar-refractivity contribution is 5.92. The second-order valence-electron chi connectivity index (χ2n) is 13.8. The number of ketones is 2. The monoisotopic (exact) mass is 647 g/mol. The number of nitrogens with zero attached hydrogens (tertiary/aromatic N) is 4. The van der Waals surface area contributed by atoms with Crippen LogP contribution >= 0.6 is 24.8 Å². The first kappa shape index (κ1) is 34.7. The number of pyridine rings is 1. The van der Waals surface area contributed by atoms with Gasteiger partial charge in [-0.15, -0.1) is 24.8 Å². The predicted octanol–water partition coefficient (Wildman–Crippen LogP) is 5.23. The smallest absolute Gasteiger partial charge is 0.178 e. The molecule has 10 heteroatoms. The summed E-state index contributed by atoms with van der Waals surface area (Å²) in [5.41, 5.74) is 8.00. The molecule has 44 heavy (non-hydrogen) atoms. The number of piperazine rings is 1. The van der Waals surface area contributed by atoms with Gasteiger partial charge in [-0.05, 0) is 82.4 Å². The molecule has 6 rings (SSSR count). The van der Waals surface area contributed by atoms with E-state index in [-0.39, 0.29) is 48.3 Å². The fourth-order valence-corrected chi connectivity index (χ4v) is 9.21. The molecule has 2 heterocycles. The van der Waals surface area contributed by atoms with Gasteiger partial charge in [0.1, 0.15) is 11.4 Å². The summed E-state index contributed by atoms with van der Waals surface area (Å²) in [7, 11) is 0. The number of Topliss-reactive ketones (excluding diaryl/α,β-unsaturated/α-hetero) is 1. The first-order valence-electron chi connectivity index (χ1n) is 16.2. The molecule has 0 spiro atoms. The van der Waals surface area contributed by atoms with E-state index in [0.717, 1.165) is 83.0 Å². The molecule has 0 aromatic carbocycles. The maximum absolute atomic E-state index is 14.0. The van der Waals surface area contributed by atoms with Crippen LogP contribution in [0.25, 0.3) is 0 Å². The third kappa shape index (κ3) is 5.48. The van der Waals surface area contributed by atoms with Crippen molar-refractivity contribution in [3.05, 3.63) is 35.4 Å². The molecule has 2 saturated carbocycles. The number of fused-ring (bicyclic) bond motifs is 5. The Morgan fingerprint density at radius 2 is 1.77 bits per heavy atom. The van der Waals surface area contributed by atoms with E-state index in [9.17, 15) is 14.7 Å². The Morgan fingerprint density at radius 1 is 1.07 bits per heavy atom. The number of nitrogens with two attached hydrogens (primary N) is 1. The number of carbonyl (C=O) groups excluding carboxylic acids is 2. The van der Waals surface area contributed by atoms with Crippen molar-refractivity contribution in [2.24, 2.45) is 22.7 Å². The average molecular weight is 649 g/mol. The Labute approximate surface area is 275 Å². The highest BCUT2D eigenvalue weighted by atomic mass is 35.5. The van der Waals surface area contributed by atoms with E-state index in [4.69, 9.17) is 10.7 Å². The quantitative estimate of drug-likeness (QED) is 0.388. The minimum absolute atomic E-state index is 0. The van der Waals surface area contributed by atoms with Crippen molar-refractivity contribution >= 4 is 53.7 Å². The summed E-state index contributed by atoms with van der Waals surface area (Å²) >= 11 is 0.